The average molecular weight is 967 g/mol. The molecule has 8 rings (SSSR count). The Hall–Kier alpha value is -1.68. The molecule has 3 saturated carbocycles. The Morgan fingerprint density at radius 1 is 0.632 bits per heavy atom. The number of ketones is 1. The number of rotatable bonds is 14. The highest BCUT2D eigenvalue weighted by atomic mass is 16.8. The minimum Gasteiger partial charge on any atom is -0.462 e. The monoisotopic (exact) mass is 967 g/mol. The van der Waals surface area contributed by atoms with Crippen molar-refractivity contribution in [3.63, 3.8) is 0 Å². The third kappa shape index (κ3) is 9.79. The van der Waals surface area contributed by atoms with Gasteiger partial charge in [0.1, 0.15) is 36.3 Å². The number of fused-ring (bicyclic) bond motifs is 5. The Labute approximate surface area is 403 Å². The molecule has 7 fully saturated rings. The van der Waals surface area contributed by atoms with E-state index >= 15 is 0 Å². The second-order valence-corrected chi connectivity index (χ2v) is 21.8. The Morgan fingerprint density at radius 3 is 1.57 bits per heavy atom. The molecule has 4 heterocycles. The van der Waals surface area contributed by atoms with E-state index in [1.807, 2.05) is 27.7 Å². The van der Waals surface area contributed by atoms with Gasteiger partial charge in [0.2, 0.25) is 0 Å². The smallest absolute Gasteiger partial charge is 0.302 e. The maximum Gasteiger partial charge on any atom is 0.302 e. The van der Waals surface area contributed by atoms with Gasteiger partial charge in [0.05, 0.1) is 60.5 Å². The van der Waals surface area contributed by atoms with Crippen LogP contribution < -0.4 is 0 Å². The normalized spacial score (nSPS) is 50.6. The molecular formula is C51H82O17. The zero-order chi connectivity index (χ0) is 49.0. The zero-order valence-corrected chi connectivity index (χ0v) is 42.5. The van der Waals surface area contributed by atoms with Crippen LogP contribution in [0.15, 0.2) is 11.6 Å². The lowest BCUT2D eigenvalue weighted by molar-refractivity contribution is -0.347. The van der Waals surface area contributed by atoms with E-state index in [0.717, 1.165) is 19.3 Å². The number of hydrogen-bond donors (Lipinski definition) is 2. The first kappa shape index (κ1) is 52.6. The first-order valence-electron chi connectivity index (χ1n) is 25.4. The lowest BCUT2D eigenvalue weighted by Gasteiger charge is -2.63. The molecule has 0 unspecified atom stereocenters. The number of methoxy groups -OCH3 is 4. The van der Waals surface area contributed by atoms with Crippen LogP contribution in [0.25, 0.3) is 0 Å². The lowest BCUT2D eigenvalue weighted by atomic mass is 9.45. The van der Waals surface area contributed by atoms with Crippen molar-refractivity contribution in [3.05, 3.63) is 11.6 Å². The molecule has 388 valence electrons. The van der Waals surface area contributed by atoms with Crippen molar-refractivity contribution < 1.29 is 81.4 Å². The van der Waals surface area contributed by atoms with Crippen LogP contribution in [0.3, 0.4) is 0 Å². The number of aliphatic hydroxyl groups excluding tert-OH is 1. The highest BCUT2D eigenvalue weighted by Gasteiger charge is 2.71. The minimum absolute atomic E-state index is 0.0346. The predicted molar refractivity (Wildman–Crippen MR) is 243 cm³/mol. The van der Waals surface area contributed by atoms with E-state index in [9.17, 15) is 19.8 Å². The van der Waals surface area contributed by atoms with Crippen molar-refractivity contribution in [1.82, 2.24) is 0 Å². The van der Waals surface area contributed by atoms with Gasteiger partial charge in [0.25, 0.3) is 0 Å². The summed E-state index contributed by atoms with van der Waals surface area (Å²) in [5, 5.41) is 23.1. The molecule has 4 saturated heterocycles. The van der Waals surface area contributed by atoms with E-state index in [1.165, 1.54) is 12.5 Å². The Kier molecular flexibility index (Phi) is 16.3. The van der Waals surface area contributed by atoms with Gasteiger partial charge in [-0.25, -0.2) is 0 Å². The van der Waals surface area contributed by atoms with E-state index in [-0.39, 0.29) is 65.4 Å². The first-order chi connectivity index (χ1) is 32.3. The van der Waals surface area contributed by atoms with Gasteiger partial charge in [0, 0.05) is 72.4 Å². The van der Waals surface area contributed by atoms with Crippen LogP contribution in [0.5, 0.6) is 0 Å². The standard InChI is InChI=1S/C51H82O17/c1-25(52)33-16-18-51(55)34-14-13-31-19-32(15-17-49(31,7)35(34)20-40(50(33,51)8)64-30(6)53)65-41-22-37(57-10)46(27(3)61-41)67-43-24-39(59-12)48(29(5)63-43)68-44-23-38(58-11)47(28(4)62-44)66-42-21-36(56-9)45(54)26(2)60-42/h13,26-29,32-48,54-55H,14-24H2,1-12H3/t26-,27-,28-,29-,32+,33+,34-,35+,36-,37+,38-,39+,40-,41+,42+,43+,44+,45-,46-,47-,48-,49+,50+,51+/m1/s1. The number of esters is 1. The quantitative estimate of drug-likeness (QED) is 0.168. The van der Waals surface area contributed by atoms with Gasteiger partial charge in [-0.2, -0.15) is 0 Å². The Morgan fingerprint density at radius 2 is 1.10 bits per heavy atom. The lowest BCUT2D eigenvalue weighted by Crippen LogP contribution is -2.66. The predicted octanol–water partition coefficient (Wildman–Crippen LogP) is 5.31. The fraction of sp³-hybridized carbons (Fsp3) is 0.922. The second-order valence-electron chi connectivity index (χ2n) is 21.8. The van der Waals surface area contributed by atoms with Gasteiger partial charge in [-0.15, -0.1) is 0 Å². The van der Waals surface area contributed by atoms with Crippen LogP contribution in [-0.2, 0) is 71.2 Å². The van der Waals surface area contributed by atoms with Crippen LogP contribution in [-0.4, -0.2) is 167 Å². The average Bonchev–Trinajstić information content (AvgIpc) is 3.59. The zero-order valence-electron chi connectivity index (χ0n) is 42.5. The fourth-order valence-electron chi connectivity index (χ4n) is 14.3. The van der Waals surface area contributed by atoms with Crippen LogP contribution in [0.2, 0.25) is 0 Å². The highest BCUT2D eigenvalue weighted by Crippen LogP contribution is 2.68. The van der Waals surface area contributed by atoms with Crippen LogP contribution >= 0.6 is 0 Å². The Balaban J connectivity index is 0.846. The largest absolute Gasteiger partial charge is 0.462 e. The molecule has 8 aliphatic rings. The van der Waals surface area contributed by atoms with Crippen molar-refractivity contribution in [2.75, 3.05) is 28.4 Å². The SMILES string of the molecule is CO[C@H]1C[C@H](O[C@H]2CC[C@@]3(C)C(=CC[C@@H]4[C@@H]3C[C@@H](OC(C)=O)[C@]3(C)[C@H](C(C)=O)CC[C@]43O)C2)O[C@H](C)[C@H]1O[C@H]1C[C@H](OC)[C@H](O[C@H]2C[C@@H](OC)[C@H](O[C@H]3C[C@@H](OC)[C@H](O)[C@@H](C)O3)[C@@H](C)O2)[C@@H](C)O1. The third-order valence-corrected chi connectivity index (χ3v) is 18.1. The van der Waals surface area contributed by atoms with Gasteiger partial charge in [0.15, 0.2) is 25.2 Å². The van der Waals surface area contributed by atoms with Crippen molar-refractivity contribution in [2.45, 2.75) is 242 Å². The molecule has 24 atom stereocenters. The molecule has 2 N–H and O–H groups in total. The summed E-state index contributed by atoms with van der Waals surface area (Å²) in [5.41, 5.74) is -0.837. The fourth-order valence-corrected chi connectivity index (χ4v) is 14.3. The van der Waals surface area contributed by atoms with Crippen LogP contribution in [0, 0.1) is 28.6 Å². The number of allylic oxidation sites excluding steroid dienone is 1. The number of hydrogen-bond acceptors (Lipinski definition) is 17. The van der Waals surface area contributed by atoms with Crippen molar-refractivity contribution in [3.8, 4) is 0 Å². The Bertz CT molecular complexity index is 1780. The number of Topliss-reactive ketones (excluding diaryl/α,β-unsaturated/α-hetero) is 1. The first-order valence-corrected chi connectivity index (χ1v) is 25.4. The molecular weight excluding hydrogens is 885 g/mol. The molecule has 4 aliphatic carbocycles. The maximum atomic E-state index is 13.0. The molecule has 0 radical (unpaired) electrons. The molecule has 17 nitrogen and oxygen atoms in total. The molecule has 4 aliphatic heterocycles. The minimum atomic E-state index is -1.11. The maximum absolute atomic E-state index is 13.0. The molecule has 17 heteroatoms. The summed E-state index contributed by atoms with van der Waals surface area (Å²) >= 11 is 0. The number of aliphatic hydroxyl groups is 2. The van der Waals surface area contributed by atoms with Crippen molar-refractivity contribution >= 4 is 11.8 Å². The summed E-state index contributed by atoms with van der Waals surface area (Å²) < 4.78 is 81.4. The third-order valence-electron chi connectivity index (χ3n) is 18.1. The number of ether oxygens (including phenoxy) is 13. The molecule has 0 aromatic heterocycles. The summed E-state index contributed by atoms with van der Waals surface area (Å²) in [6.07, 6.45) is 0.755. The summed E-state index contributed by atoms with van der Waals surface area (Å²) in [6, 6.07) is 0. The molecule has 0 bridgehead atoms. The summed E-state index contributed by atoms with van der Waals surface area (Å²) in [7, 11) is 6.56. The van der Waals surface area contributed by atoms with Gasteiger partial charge >= 0.3 is 5.97 Å². The van der Waals surface area contributed by atoms with Gasteiger partial charge in [-0.05, 0) is 96.8 Å². The van der Waals surface area contributed by atoms with Crippen molar-refractivity contribution in [1.29, 1.82) is 0 Å². The van der Waals surface area contributed by atoms with Gasteiger partial charge in [-0.3, -0.25) is 9.59 Å². The van der Waals surface area contributed by atoms with Crippen molar-refractivity contribution in [2.24, 2.45) is 28.6 Å². The van der Waals surface area contributed by atoms with Crippen LogP contribution in [0.1, 0.15) is 126 Å². The molecule has 68 heavy (non-hydrogen) atoms. The highest BCUT2D eigenvalue weighted by molar-refractivity contribution is 5.80. The topological polar surface area (TPSA) is 195 Å². The summed E-state index contributed by atoms with van der Waals surface area (Å²) in [6.45, 7) is 15.0. The van der Waals surface area contributed by atoms with Crippen LogP contribution in [0.4, 0.5) is 0 Å². The summed E-state index contributed by atoms with van der Waals surface area (Å²) in [5.74, 6) is -0.620. The second kappa shape index (κ2) is 21.0. The van der Waals surface area contributed by atoms with Gasteiger partial charge in [-0.1, -0.05) is 25.5 Å². The summed E-state index contributed by atoms with van der Waals surface area (Å²) in [4.78, 5) is 25.5. The van der Waals surface area contributed by atoms with E-state index in [1.54, 1.807) is 42.3 Å². The van der Waals surface area contributed by atoms with E-state index in [4.69, 9.17) is 61.6 Å². The van der Waals surface area contributed by atoms with E-state index in [0.29, 0.717) is 51.4 Å². The van der Waals surface area contributed by atoms with Gasteiger partial charge < -0.3 is 71.8 Å². The van der Waals surface area contributed by atoms with E-state index in [2.05, 4.69) is 13.0 Å². The number of carbonyl (C=O) groups is 2. The number of carbonyl (C=O) groups excluding carboxylic acids is 2. The molecule has 0 amide bonds. The molecule has 0 spiro atoms. The molecule has 0 aromatic rings. The van der Waals surface area contributed by atoms with E-state index < -0.39 is 91.1 Å². The molecule has 0 aromatic carbocycles.